The first-order valence-corrected chi connectivity index (χ1v) is 10.3. The monoisotopic (exact) mass is 407 g/mol. The SMILES string of the molecule is CCn1cnc2c(N3CC4CN(C(=O)Nc5ccccc5OC)CC4C3)ncnc21. The van der Waals surface area contributed by atoms with Crippen molar-refractivity contribution < 1.29 is 9.53 Å². The van der Waals surface area contributed by atoms with Crippen molar-refractivity contribution >= 4 is 28.7 Å². The van der Waals surface area contributed by atoms with Crippen LogP contribution in [-0.2, 0) is 6.54 Å². The lowest BCUT2D eigenvalue weighted by atomic mass is 10.0. The lowest BCUT2D eigenvalue weighted by molar-refractivity contribution is 0.219. The number of fused-ring (bicyclic) bond motifs is 2. The van der Waals surface area contributed by atoms with Gasteiger partial charge < -0.3 is 24.4 Å². The number of methoxy groups -OCH3 is 1. The number of nitrogens with zero attached hydrogens (tertiary/aromatic N) is 6. The van der Waals surface area contributed by atoms with Gasteiger partial charge in [0.15, 0.2) is 17.0 Å². The second-order valence-electron chi connectivity index (χ2n) is 7.86. The maximum absolute atomic E-state index is 12.8. The van der Waals surface area contributed by atoms with E-state index in [1.54, 1.807) is 13.4 Å². The Kier molecular flexibility index (Phi) is 4.65. The summed E-state index contributed by atoms with van der Waals surface area (Å²) in [5, 5.41) is 2.98. The van der Waals surface area contributed by atoms with Crippen LogP contribution in [0, 0.1) is 11.8 Å². The molecule has 2 unspecified atom stereocenters. The molecule has 1 N–H and O–H groups in total. The van der Waals surface area contributed by atoms with Gasteiger partial charge >= 0.3 is 6.03 Å². The van der Waals surface area contributed by atoms with Crippen molar-refractivity contribution in [3.63, 3.8) is 0 Å². The molecule has 0 bridgehead atoms. The standard InChI is InChI=1S/C21H25N7O2/c1-3-26-13-24-18-19(26)22-12-23-20(18)27-8-14-10-28(11-15(14)9-27)21(29)25-16-6-4-5-7-17(16)30-2/h4-7,12-15H,3,8-11H2,1-2H3,(H,25,29). The number of likely N-dealkylation sites (tertiary alicyclic amines) is 1. The summed E-state index contributed by atoms with van der Waals surface area (Å²) in [6.45, 7) is 6.12. The lowest BCUT2D eigenvalue weighted by Crippen LogP contribution is -2.36. The first-order chi connectivity index (χ1) is 14.7. The molecule has 156 valence electrons. The number of hydrogen-bond acceptors (Lipinski definition) is 6. The number of urea groups is 1. The molecule has 0 radical (unpaired) electrons. The quantitative estimate of drug-likeness (QED) is 0.715. The summed E-state index contributed by atoms with van der Waals surface area (Å²) in [4.78, 5) is 30.5. The highest BCUT2D eigenvalue weighted by molar-refractivity contribution is 5.91. The van der Waals surface area contributed by atoms with Crippen molar-refractivity contribution in [2.24, 2.45) is 11.8 Å². The lowest BCUT2D eigenvalue weighted by Gasteiger charge is -2.23. The number of anilines is 2. The molecule has 9 nitrogen and oxygen atoms in total. The molecule has 2 amide bonds. The second kappa shape index (κ2) is 7.47. The number of carbonyl (C=O) groups is 1. The normalized spacial score (nSPS) is 20.6. The molecule has 30 heavy (non-hydrogen) atoms. The highest BCUT2D eigenvalue weighted by Gasteiger charge is 2.42. The number of hydrogen-bond donors (Lipinski definition) is 1. The molecule has 2 aliphatic rings. The summed E-state index contributed by atoms with van der Waals surface area (Å²) in [7, 11) is 1.60. The number of benzene rings is 1. The van der Waals surface area contributed by atoms with Gasteiger partial charge in [-0.15, -0.1) is 0 Å². The fourth-order valence-corrected chi connectivity index (χ4v) is 4.61. The van der Waals surface area contributed by atoms with Gasteiger partial charge in [-0.25, -0.2) is 19.7 Å². The zero-order valence-corrected chi connectivity index (χ0v) is 17.2. The van der Waals surface area contributed by atoms with Crippen LogP contribution in [0.25, 0.3) is 11.2 Å². The van der Waals surface area contributed by atoms with Crippen LogP contribution >= 0.6 is 0 Å². The number of ether oxygens (including phenoxy) is 1. The van der Waals surface area contributed by atoms with E-state index < -0.39 is 0 Å². The Morgan fingerprint density at radius 3 is 2.63 bits per heavy atom. The molecule has 0 spiro atoms. The number of para-hydroxylation sites is 2. The van der Waals surface area contributed by atoms with Crippen molar-refractivity contribution in [3.8, 4) is 5.75 Å². The third-order valence-electron chi connectivity index (χ3n) is 6.14. The van der Waals surface area contributed by atoms with Crippen LogP contribution in [0.15, 0.2) is 36.9 Å². The number of nitrogens with one attached hydrogen (secondary N) is 1. The molecule has 2 aliphatic heterocycles. The fraction of sp³-hybridized carbons (Fsp3) is 0.429. The van der Waals surface area contributed by atoms with Gasteiger partial charge in [0.25, 0.3) is 0 Å². The van der Waals surface area contributed by atoms with Crippen molar-refractivity contribution in [1.82, 2.24) is 24.4 Å². The predicted molar refractivity (Wildman–Crippen MR) is 114 cm³/mol. The Hall–Kier alpha value is -3.36. The van der Waals surface area contributed by atoms with Crippen molar-refractivity contribution in [1.29, 1.82) is 0 Å². The molecule has 2 atom stereocenters. The number of rotatable bonds is 4. The molecule has 1 aromatic carbocycles. The maximum Gasteiger partial charge on any atom is 0.321 e. The molecule has 0 aliphatic carbocycles. The highest BCUT2D eigenvalue weighted by atomic mass is 16.5. The predicted octanol–water partition coefficient (Wildman–Crippen LogP) is 2.45. The van der Waals surface area contributed by atoms with E-state index in [1.165, 1.54) is 0 Å². The fourth-order valence-electron chi connectivity index (χ4n) is 4.61. The van der Waals surface area contributed by atoms with Crippen LogP contribution in [0.4, 0.5) is 16.3 Å². The molecular formula is C21H25N7O2. The largest absolute Gasteiger partial charge is 0.495 e. The maximum atomic E-state index is 12.8. The highest BCUT2D eigenvalue weighted by Crippen LogP contribution is 2.35. The summed E-state index contributed by atoms with van der Waals surface area (Å²) < 4.78 is 7.36. The Balaban J connectivity index is 1.27. The van der Waals surface area contributed by atoms with Gasteiger partial charge in [-0.1, -0.05) is 12.1 Å². The zero-order chi connectivity index (χ0) is 20.7. The number of imidazole rings is 1. The summed E-state index contributed by atoms with van der Waals surface area (Å²) in [5.41, 5.74) is 2.42. The van der Waals surface area contributed by atoms with Gasteiger partial charge in [0.1, 0.15) is 12.1 Å². The van der Waals surface area contributed by atoms with E-state index in [-0.39, 0.29) is 6.03 Å². The molecule has 2 aromatic heterocycles. The van der Waals surface area contributed by atoms with Crippen molar-refractivity contribution in [3.05, 3.63) is 36.9 Å². The average molecular weight is 407 g/mol. The number of aromatic nitrogens is 4. The minimum Gasteiger partial charge on any atom is -0.495 e. The number of carbonyl (C=O) groups excluding carboxylic acids is 1. The molecule has 0 saturated carbocycles. The molecule has 4 heterocycles. The van der Waals surface area contributed by atoms with Gasteiger partial charge in [-0.2, -0.15) is 0 Å². The Bertz CT molecular complexity index is 1070. The van der Waals surface area contributed by atoms with Crippen molar-refractivity contribution in [2.75, 3.05) is 43.5 Å². The molecule has 2 saturated heterocycles. The Morgan fingerprint density at radius 1 is 1.13 bits per heavy atom. The van der Waals surface area contributed by atoms with E-state index in [1.807, 2.05) is 40.1 Å². The molecule has 3 aromatic rings. The topological polar surface area (TPSA) is 88.4 Å². The minimum atomic E-state index is -0.0773. The summed E-state index contributed by atoms with van der Waals surface area (Å²) in [5.74, 6) is 2.40. The van der Waals surface area contributed by atoms with Crippen LogP contribution in [-0.4, -0.2) is 63.7 Å². The Morgan fingerprint density at radius 2 is 1.90 bits per heavy atom. The van der Waals surface area contributed by atoms with E-state index in [0.717, 1.165) is 49.7 Å². The summed E-state index contributed by atoms with van der Waals surface area (Å²) in [6, 6.07) is 7.39. The van der Waals surface area contributed by atoms with Crippen LogP contribution in [0.2, 0.25) is 0 Å². The minimum absolute atomic E-state index is 0.0773. The summed E-state index contributed by atoms with van der Waals surface area (Å²) in [6.07, 6.45) is 3.44. The van der Waals surface area contributed by atoms with E-state index in [2.05, 4.69) is 32.1 Å². The van der Waals surface area contributed by atoms with Crippen LogP contribution in [0.1, 0.15) is 6.92 Å². The van der Waals surface area contributed by atoms with Crippen LogP contribution < -0.4 is 15.0 Å². The van der Waals surface area contributed by atoms with Gasteiger partial charge in [-0.3, -0.25) is 0 Å². The molecule has 5 rings (SSSR count). The smallest absolute Gasteiger partial charge is 0.321 e. The van der Waals surface area contributed by atoms with E-state index in [9.17, 15) is 4.79 Å². The van der Waals surface area contributed by atoms with Crippen LogP contribution in [0.3, 0.4) is 0 Å². The number of amides is 2. The first kappa shape index (κ1) is 18.7. The van der Waals surface area contributed by atoms with Gasteiger partial charge in [0, 0.05) is 44.6 Å². The Labute approximate surface area is 174 Å². The van der Waals surface area contributed by atoms with E-state index in [0.29, 0.717) is 23.3 Å². The molecule has 9 heteroatoms. The van der Waals surface area contributed by atoms with Gasteiger partial charge in [0.05, 0.1) is 19.1 Å². The van der Waals surface area contributed by atoms with E-state index in [4.69, 9.17) is 4.74 Å². The molecular weight excluding hydrogens is 382 g/mol. The third kappa shape index (κ3) is 3.10. The number of aryl methyl sites for hydroxylation is 1. The molecule has 2 fully saturated rings. The summed E-state index contributed by atoms with van der Waals surface area (Å²) >= 11 is 0. The third-order valence-corrected chi connectivity index (χ3v) is 6.14. The average Bonchev–Trinajstić information content (AvgIpc) is 3.46. The van der Waals surface area contributed by atoms with Crippen LogP contribution in [0.5, 0.6) is 5.75 Å². The van der Waals surface area contributed by atoms with Crippen molar-refractivity contribution in [2.45, 2.75) is 13.5 Å². The van der Waals surface area contributed by atoms with E-state index >= 15 is 0 Å². The van der Waals surface area contributed by atoms with Gasteiger partial charge in [0.2, 0.25) is 0 Å². The second-order valence-corrected chi connectivity index (χ2v) is 7.86. The van der Waals surface area contributed by atoms with Gasteiger partial charge in [-0.05, 0) is 19.1 Å². The first-order valence-electron chi connectivity index (χ1n) is 10.3. The zero-order valence-electron chi connectivity index (χ0n) is 17.2.